The summed E-state index contributed by atoms with van der Waals surface area (Å²) in [5.41, 5.74) is 9.51. The summed E-state index contributed by atoms with van der Waals surface area (Å²) in [6.07, 6.45) is 3.38. The Morgan fingerprint density at radius 1 is 1.11 bits per heavy atom. The zero-order chi connectivity index (χ0) is 25.1. The van der Waals surface area contributed by atoms with Crippen molar-refractivity contribution in [3.8, 4) is 28.1 Å². The Balaban J connectivity index is 1.80. The molecule has 0 amide bonds. The molecule has 0 saturated carbocycles. The van der Waals surface area contributed by atoms with Crippen LogP contribution in [0.25, 0.3) is 28.0 Å². The predicted octanol–water partition coefficient (Wildman–Crippen LogP) is 5.78. The van der Waals surface area contributed by atoms with E-state index in [1.807, 2.05) is 19.1 Å². The van der Waals surface area contributed by atoms with Crippen LogP contribution in [0.15, 0.2) is 53.3 Å². The highest BCUT2D eigenvalue weighted by atomic mass is 35.5. The minimum absolute atomic E-state index is 0.210. The van der Waals surface area contributed by atoms with Crippen molar-refractivity contribution in [1.29, 1.82) is 0 Å². The van der Waals surface area contributed by atoms with Gasteiger partial charge in [-0.3, -0.25) is 4.79 Å². The molecule has 0 unspecified atom stereocenters. The molecule has 0 aliphatic rings. The van der Waals surface area contributed by atoms with E-state index in [-0.39, 0.29) is 11.3 Å². The van der Waals surface area contributed by atoms with Crippen LogP contribution >= 0.6 is 23.2 Å². The molecule has 1 atom stereocenters. The minimum Gasteiger partial charge on any atom is -0.425 e. The van der Waals surface area contributed by atoms with Gasteiger partial charge in [0.05, 0.1) is 11.4 Å². The Kier molecular flexibility index (Phi) is 7.60. The second-order valence-electron chi connectivity index (χ2n) is 8.41. The molecule has 3 N–H and O–H groups in total. The number of unbranched alkanes of at least 4 members (excludes halogenated alkanes) is 2. The Morgan fingerprint density at radius 3 is 2.54 bits per heavy atom. The van der Waals surface area contributed by atoms with Gasteiger partial charge in [-0.25, -0.2) is 9.31 Å². The number of aromatic nitrogens is 3. The van der Waals surface area contributed by atoms with Gasteiger partial charge in [0.15, 0.2) is 0 Å². The van der Waals surface area contributed by atoms with E-state index in [1.54, 1.807) is 28.8 Å². The second kappa shape index (κ2) is 10.6. The molecule has 35 heavy (non-hydrogen) atoms. The van der Waals surface area contributed by atoms with Crippen LogP contribution in [-0.4, -0.2) is 26.6 Å². The molecule has 2 heterocycles. The first-order valence-corrected chi connectivity index (χ1v) is 12.2. The number of hydrogen-bond donors (Lipinski definition) is 2. The summed E-state index contributed by atoms with van der Waals surface area (Å²) in [5, 5.41) is 5.67. The van der Waals surface area contributed by atoms with E-state index in [2.05, 4.69) is 17.0 Å². The number of rotatable bonds is 8. The largest absolute Gasteiger partial charge is 0.425 e. The zero-order valence-electron chi connectivity index (χ0n) is 19.5. The highest BCUT2D eigenvalue weighted by Crippen LogP contribution is 2.35. The number of hydrogen-bond acceptors (Lipinski definition) is 5. The number of ether oxygens (including phenoxy) is 1. The lowest BCUT2D eigenvalue weighted by atomic mass is 10.1. The smallest absolute Gasteiger partial charge is 0.328 e. The Hall–Kier alpha value is -3.13. The Morgan fingerprint density at radius 2 is 1.83 bits per heavy atom. The first-order valence-electron chi connectivity index (χ1n) is 11.4. The summed E-state index contributed by atoms with van der Waals surface area (Å²) in [5.74, 6) is -0.342. The molecule has 0 aliphatic heterocycles. The molecule has 0 spiro atoms. The number of halogens is 2. The van der Waals surface area contributed by atoms with Gasteiger partial charge in [0, 0.05) is 33.3 Å². The van der Waals surface area contributed by atoms with Crippen LogP contribution in [-0.2, 0) is 4.79 Å². The van der Waals surface area contributed by atoms with Crippen molar-refractivity contribution in [2.45, 2.75) is 45.6 Å². The number of aromatic amines is 1. The van der Waals surface area contributed by atoms with Crippen molar-refractivity contribution in [3.63, 3.8) is 0 Å². The number of H-pyrrole nitrogens is 1. The fraction of sp³-hybridized carbons (Fsp3) is 0.269. The second-order valence-corrected chi connectivity index (χ2v) is 9.28. The number of benzene rings is 2. The van der Waals surface area contributed by atoms with Gasteiger partial charge >= 0.3 is 5.97 Å². The molecule has 0 saturated heterocycles. The maximum atomic E-state index is 12.7. The summed E-state index contributed by atoms with van der Waals surface area (Å²) in [6, 6.07) is 12.9. The zero-order valence-corrected chi connectivity index (χ0v) is 21.0. The van der Waals surface area contributed by atoms with E-state index >= 15 is 0 Å². The number of carbonyl (C=O) groups excluding carboxylic acids is 1. The number of esters is 1. The van der Waals surface area contributed by atoms with E-state index in [4.69, 9.17) is 33.7 Å². The Labute approximate surface area is 212 Å². The van der Waals surface area contributed by atoms with Crippen molar-refractivity contribution in [3.05, 3.63) is 74.6 Å². The van der Waals surface area contributed by atoms with E-state index < -0.39 is 12.0 Å². The number of fused-ring (bicyclic) bond motifs is 1. The topological polar surface area (TPSA) is 102 Å². The van der Waals surface area contributed by atoms with Gasteiger partial charge in [-0.2, -0.15) is 5.10 Å². The number of nitrogens with zero attached hydrogens (tertiary/aromatic N) is 2. The molecule has 4 aromatic rings. The van der Waals surface area contributed by atoms with Crippen LogP contribution in [0, 0.1) is 6.92 Å². The first kappa shape index (κ1) is 25.0. The maximum Gasteiger partial charge on any atom is 0.328 e. The van der Waals surface area contributed by atoms with Crippen molar-refractivity contribution in [2.24, 2.45) is 5.73 Å². The van der Waals surface area contributed by atoms with Crippen LogP contribution < -0.4 is 16.0 Å². The summed E-state index contributed by atoms with van der Waals surface area (Å²) in [4.78, 5) is 28.3. The monoisotopic (exact) mass is 512 g/mol. The van der Waals surface area contributed by atoms with E-state index in [0.29, 0.717) is 39.1 Å². The standard InChI is InChI=1S/C26H26Cl2N4O3/c1-3-4-5-6-20(29)26(34)35-22-13-18(28)11-12-19(22)21-14-23(33)30-25-24(15(2)31-32(21)25)16-7-9-17(27)10-8-16/h7-14,20H,3-6,29H2,1-2H3,(H,30,33)/t20-/m0/s1. The lowest BCUT2D eigenvalue weighted by Crippen LogP contribution is -2.34. The highest BCUT2D eigenvalue weighted by Gasteiger charge is 2.22. The fourth-order valence-corrected chi connectivity index (χ4v) is 4.31. The third-order valence-corrected chi connectivity index (χ3v) is 6.27. The Bertz CT molecular complexity index is 1430. The van der Waals surface area contributed by atoms with Crippen LogP contribution in [0.3, 0.4) is 0 Å². The van der Waals surface area contributed by atoms with Crippen molar-refractivity contribution < 1.29 is 9.53 Å². The number of aryl methyl sites for hydroxylation is 1. The summed E-state index contributed by atoms with van der Waals surface area (Å²) in [6.45, 7) is 3.94. The van der Waals surface area contributed by atoms with Gasteiger partial charge < -0.3 is 15.5 Å². The summed E-state index contributed by atoms with van der Waals surface area (Å²) >= 11 is 12.3. The lowest BCUT2D eigenvalue weighted by molar-refractivity contribution is -0.136. The SMILES string of the molecule is CCCCC[C@H](N)C(=O)Oc1cc(Cl)ccc1-c1cc(=O)[nH]c2c(-c3ccc(Cl)cc3)c(C)nn12. The van der Waals surface area contributed by atoms with Crippen molar-refractivity contribution >= 4 is 34.8 Å². The molecule has 2 aromatic heterocycles. The summed E-state index contributed by atoms with van der Waals surface area (Å²) in [7, 11) is 0. The minimum atomic E-state index is -0.754. The third-order valence-electron chi connectivity index (χ3n) is 5.78. The molecule has 0 fully saturated rings. The van der Waals surface area contributed by atoms with Crippen molar-refractivity contribution in [2.75, 3.05) is 0 Å². The van der Waals surface area contributed by atoms with Crippen LogP contribution in [0.2, 0.25) is 10.0 Å². The third kappa shape index (κ3) is 5.42. The molecular weight excluding hydrogens is 487 g/mol. The quantitative estimate of drug-likeness (QED) is 0.177. The molecule has 182 valence electrons. The van der Waals surface area contributed by atoms with Crippen LogP contribution in [0.5, 0.6) is 5.75 Å². The van der Waals surface area contributed by atoms with Gasteiger partial charge in [-0.15, -0.1) is 0 Å². The maximum absolute atomic E-state index is 12.7. The first-order chi connectivity index (χ1) is 16.8. The molecule has 2 aromatic carbocycles. The van der Waals surface area contributed by atoms with E-state index in [0.717, 1.165) is 30.4 Å². The van der Waals surface area contributed by atoms with Crippen molar-refractivity contribution in [1.82, 2.24) is 14.6 Å². The lowest BCUT2D eigenvalue weighted by Gasteiger charge is -2.15. The molecule has 7 nitrogen and oxygen atoms in total. The predicted molar refractivity (Wildman–Crippen MR) is 139 cm³/mol. The van der Waals surface area contributed by atoms with E-state index in [1.165, 1.54) is 12.1 Å². The summed E-state index contributed by atoms with van der Waals surface area (Å²) < 4.78 is 7.31. The van der Waals surface area contributed by atoms with Gasteiger partial charge in [0.25, 0.3) is 5.56 Å². The van der Waals surface area contributed by atoms with Gasteiger partial charge in [-0.1, -0.05) is 61.5 Å². The fourth-order valence-electron chi connectivity index (χ4n) is 4.02. The average molecular weight is 513 g/mol. The molecule has 0 bridgehead atoms. The molecule has 9 heteroatoms. The van der Waals surface area contributed by atoms with E-state index in [9.17, 15) is 9.59 Å². The molecule has 4 rings (SSSR count). The van der Waals surface area contributed by atoms with Gasteiger partial charge in [0.1, 0.15) is 17.4 Å². The molecular formula is C26H26Cl2N4O3. The number of nitrogens with two attached hydrogens (primary N) is 1. The molecule has 0 radical (unpaired) electrons. The van der Waals surface area contributed by atoms with Gasteiger partial charge in [-0.05, 0) is 43.2 Å². The average Bonchev–Trinajstić information content (AvgIpc) is 3.15. The van der Waals surface area contributed by atoms with Crippen LogP contribution in [0.1, 0.15) is 38.3 Å². The van der Waals surface area contributed by atoms with Crippen LogP contribution in [0.4, 0.5) is 0 Å². The molecule has 0 aliphatic carbocycles. The highest BCUT2D eigenvalue weighted by molar-refractivity contribution is 6.31. The van der Waals surface area contributed by atoms with Gasteiger partial charge in [0.2, 0.25) is 0 Å². The number of nitrogens with one attached hydrogen (secondary N) is 1. The number of carbonyl (C=O) groups is 1. The normalized spacial score (nSPS) is 12.1.